The van der Waals surface area contributed by atoms with Gasteiger partial charge in [-0.15, -0.1) is 11.8 Å². The van der Waals surface area contributed by atoms with E-state index < -0.39 is 0 Å². The number of methoxy groups -OCH3 is 1. The maximum atomic E-state index is 13.2. The molecule has 2 aromatic carbocycles. The van der Waals surface area contributed by atoms with Crippen LogP contribution in [0.2, 0.25) is 0 Å². The average molecular weight is 458 g/mol. The summed E-state index contributed by atoms with van der Waals surface area (Å²) in [5, 5.41) is 0.804. The summed E-state index contributed by atoms with van der Waals surface area (Å²) in [6.45, 7) is 5.84. The van der Waals surface area contributed by atoms with Crippen LogP contribution in [0.5, 0.6) is 5.75 Å². The number of carbonyl (C=O) groups is 1. The van der Waals surface area contributed by atoms with E-state index in [0.29, 0.717) is 13.0 Å². The molecule has 3 rings (SSSR count). The van der Waals surface area contributed by atoms with Crippen molar-refractivity contribution in [1.29, 1.82) is 0 Å². The molecule has 0 spiro atoms. The molecule has 3 aromatic rings. The van der Waals surface area contributed by atoms with Crippen LogP contribution in [0.1, 0.15) is 24.0 Å². The minimum absolute atomic E-state index is 0.132. The maximum Gasteiger partial charge on any atom is 0.229 e. The molecule has 0 saturated heterocycles. The number of nitrogens with zero attached hydrogens (tertiary/aromatic N) is 3. The minimum Gasteiger partial charge on any atom is -0.497 e. The van der Waals surface area contributed by atoms with Crippen molar-refractivity contribution in [2.45, 2.75) is 31.6 Å². The number of thioether (sulfide) groups is 1. The first-order valence-corrected chi connectivity index (χ1v) is 12.3. The number of hydrogen-bond acceptors (Lipinski definition) is 6. The second-order valence-corrected chi connectivity index (χ2v) is 10.1. The van der Waals surface area contributed by atoms with Gasteiger partial charge in [-0.1, -0.05) is 11.3 Å². The van der Waals surface area contributed by atoms with E-state index in [1.54, 1.807) is 30.2 Å². The van der Waals surface area contributed by atoms with Crippen LogP contribution in [0.25, 0.3) is 10.2 Å². The summed E-state index contributed by atoms with van der Waals surface area (Å²) >= 11 is 3.30. The number of anilines is 1. The molecule has 1 amide bonds. The molecule has 166 valence electrons. The van der Waals surface area contributed by atoms with Gasteiger partial charge < -0.3 is 9.64 Å². The van der Waals surface area contributed by atoms with E-state index in [1.165, 1.54) is 11.1 Å². The molecule has 0 aliphatic heterocycles. The van der Waals surface area contributed by atoms with E-state index in [-0.39, 0.29) is 5.91 Å². The molecule has 31 heavy (non-hydrogen) atoms. The Labute approximate surface area is 193 Å². The van der Waals surface area contributed by atoms with Crippen molar-refractivity contribution in [3.63, 3.8) is 0 Å². The molecule has 0 aliphatic carbocycles. The van der Waals surface area contributed by atoms with E-state index in [1.807, 2.05) is 29.2 Å². The molecule has 1 aromatic heterocycles. The average Bonchev–Trinajstić information content (AvgIpc) is 3.13. The molecule has 1 heterocycles. The number of thiazole rings is 1. The minimum atomic E-state index is 0.132. The predicted octanol–water partition coefficient (Wildman–Crippen LogP) is 5.39. The second-order valence-electron chi connectivity index (χ2n) is 7.88. The van der Waals surface area contributed by atoms with E-state index in [0.717, 1.165) is 44.7 Å². The number of rotatable bonds is 10. The SMILES string of the molecule is COc1ccc(SCCC(=O)N(CCCN(C)C)c2nc3cc(C)c(C)cc3s2)cc1. The summed E-state index contributed by atoms with van der Waals surface area (Å²) in [4.78, 5) is 23.1. The van der Waals surface area contributed by atoms with Gasteiger partial charge in [-0.05, 0) is 88.4 Å². The standard InChI is InChI=1S/C24H31N3O2S2/c1-17-15-21-22(16-18(17)2)31-24(25-21)27(13-6-12-26(3)4)23(28)11-14-30-20-9-7-19(29-5)8-10-20/h7-10,15-16H,6,11-14H2,1-5H3. The Hall–Kier alpha value is -2.09. The van der Waals surface area contributed by atoms with Crippen molar-refractivity contribution in [3.05, 3.63) is 47.5 Å². The second kappa shape index (κ2) is 11.0. The number of amides is 1. The first-order chi connectivity index (χ1) is 14.9. The van der Waals surface area contributed by atoms with Crippen LogP contribution in [-0.4, -0.2) is 55.8 Å². The van der Waals surface area contributed by atoms with E-state index in [4.69, 9.17) is 9.72 Å². The summed E-state index contributed by atoms with van der Waals surface area (Å²) in [5.41, 5.74) is 3.45. The number of fused-ring (bicyclic) bond motifs is 1. The number of aromatic nitrogens is 1. The van der Waals surface area contributed by atoms with Crippen LogP contribution >= 0.6 is 23.1 Å². The summed E-state index contributed by atoms with van der Waals surface area (Å²) in [5.74, 6) is 1.71. The van der Waals surface area contributed by atoms with Crippen LogP contribution in [0.4, 0.5) is 5.13 Å². The van der Waals surface area contributed by atoms with Crippen LogP contribution in [0.15, 0.2) is 41.3 Å². The van der Waals surface area contributed by atoms with Gasteiger partial charge in [0.25, 0.3) is 0 Å². The Morgan fingerprint density at radius 2 is 1.81 bits per heavy atom. The van der Waals surface area contributed by atoms with Crippen molar-refractivity contribution in [3.8, 4) is 5.75 Å². The lowest BCUT2D eigenvalue weighted by molar-refractivity contribution is -0.118. The Morgan fingerprint density at radius 3 is 2.48 bits per heavy atom. The fourth-order valence-electron chi connectivity index (χ4n) is 3.22. The molecule has 0 aliphatic rings. The zero-order chi connectivity index (χ0) is 22.4. The fraction of sp³-hybridized carbons (Fsp3) is 0.417. The van der Waals surface area contributed by atoms with Gasteiger partial charge in [-0.3, -0.25) is 9.69 Å². The van der Waals surface area contributed by atoms with Gasteiger partial charge in [0.05, 0.1) is 17.3 Å². The molecule has 0 bridgehead atoms. The number of hydrogen-bond donors (Lipinski definition) is 0. The van der Waals surface area contributed by atoms with Gasteiger partial charge in [0.15, 0.2) is 5.13 Å². The molecule has 5 nitrogen and oxygen atoms in total. The highest BCUT2D eigenvalue weighted by molar-refractivity contribution is 7.99. The van der Waals surface area contributed by atoms with Crippen LogP contribution in [0, 0.1) is 13.8 Å². The number of ether oxygens (including phenoxy) is 1. The van der Waals surface area contributed by atoms with Crippen LogP contribution < -0.4 is 9.64 Å². The zero-order valence-corrected chi connectivity index (χ0v) is 20.6. The summed E-state index contributed by atoms with van der Waals surface area (Å²) in [6, 6.07) is 12.2. The van der Waals surface area contributed by atoms with Gasteiger partial charge in [0.1, 0.15) is 5.75 Å². The van der Waals surface area contributed by atoms with Crippen molar-refractivity contribution in [1.82, 2.24) is 9.88 Å². The molecule has 0 fully saturated rings. The molecule has 0 radical (unpaired) electrons. The van der Waals surface area contributed by atoms with Crippen molar-refractivity contribution in [2.75, 3.05) is 44.9 Å². The Bertz CT molecular complexity index is 977. The normalized spacial score (nSPS) is 11.3. The van der Waals surface area contributed by atoms with Crippen molar-refractivity contribution in [2.24, 2.45) is 0 Å². The largest absolute Gasteiger partial charge is 0.497 e. The van der Waals surface area contributed by atoms with Crippen molar-refractivity contribution >= 4 is 44.4 Å². The first-order valence-electron chi connectivity index (χ1n) is 10.5. The van der Waals surface area contributed by atoms with E-state index in [9.17, 15) is 4.79 Å². The maximum absolute atomic E-state index is 13.2. The lowest BCUT2D eigenvalue weighted by Crippen LogP contribution is -2.33. The lowest BCUT2D eigenvalue weighted by atomic mass is 10.1. The smallest absolute Gasteiger partial charge is 0.229 e. The van der Waals surface area contributed by atoms with Crippen LogP contribution in [0.3, 0.4) is 0 Å². The summed E-state index contributed by atoms with van der Waals surface area (Å²) in [6.07, 6.45) is 1.39. The Balaban J connectivity index is 1.70. The lowest BCUT2D eigenvalue weighted by Gasteiger charge is -2.21. The topological polar surface area (TPSA) is 45.7 Å². The first kappa shape index (κ1) is 23.6. The third-order valence-electron chi connectivity index (χ3n) is 5.16. The predicted molar refractivity (Wildman–Crippen MR) is 133 cm³/mol. The third kappa shape index (κ3) is 6.45. The highest BCUT2D eigenvalue weighted by atomic mass is 32.2. The Morgan fingerprint density at radius 1 is 1.10 bits per heavy atom. The number of carbonyl (C=O) groups excluding carboxylic acids is 1. The molecule has 0 saturated carbocycles. The monoisotopic (exact) mass is 457 g/mol. The zero-order valence-electron chi connectivity index (χ0n) is 19.0. The molecule has 7 heteroatoms. The molecule has 0 N–H and O–H groups in total. The summed E-state index contributed by atoms with van der Waals surface area (Å²) in [7, 11) is 5.78. The number of aryl methyl sites for hydroxylation is 2. The molecular weight excluding hydrogens is 426 g/mol. The molecule has 0 unspecified atom stereocenters. The molecular formula is C24H31N3O2S2. The number of benzene rings is 2. The van der Waals surface area contributed by atoms with Gasteiger partial charge in [0, 0.05) is 23.6 Å². The van der Waals surface area contributed by atoms with Gasteiger partial charge in [-0.25, -0.2) is 4.98 Å². The third-order valence-corrected chi connectivity index (χ3v) is 7.21. The van der Waals surface area contributed by atoms with E-state index >= 15 is 0 Å². The van der Waals surface area contributed by atoms with Crippen molar-refractivity contribution < 1.29 is 9.53 Å². The van der Waals surface area contributed by atoms with Gasteiger partial charge >= 0.3 is 0 Å². The highest BCUT2D eigenvalue weighted by Gasteiger charge is 2.20. The molecule has 0 atom stereocenters. The van der Waals surface area contributed by atoms with E-state index in [2.05, 4.69) is 45.0 Å². The quantitative estimate of drug-likeness (QED) is 0.382. The van der Waals surface area contributed by atoms with Gasteiger partial charge in [-0.2, -0.15) is 0 Å². The highest BCUT2D eigenvalue weighted by Crippen LogP contribution is 2.31. The Kier molecular flexibility index (Phi) is 8.35. The fourth-order valence-corrected chi connectivity index (χ4v) is 5.15. The summed E-state index contributed by atoms with van der Waals surface area (Å²) < 4.78 is 6.34. The van der Waals surface area contributed by atoms with Crippen LogP contribution in [-0.2, 0) is 4.79 Å². The van der Waals surface area contributed by atoms with Gasteiger partial charge in [0.2, 0.25) is 5.91 Å².